The van der Waals surface area contributed by atoms with Gasteiger partial charge in [0.15, 0.2) is 22.9 Å². The molecule has 0 saturated carbocycles. The summed E-state index contributed by atoms with van der Waals surface area (Å²) in [6.45, 7) is 5.45. The van der Waals surface area contributed by atoms with Gasteiger partial charge >= 0.3 is 11.9 Å². The standard InChI is InChI=1S/C28H27BrN2O7S/c1-5-36-21-13-18(11-12-20(21)38-15-23(32)35-4)25-24(27(34)37-6-2)16(3)30-28-31(25)26(33)22(39-28)14-17-9-7-8-10-19(17)29/h7-14,25H,5-6,15H2,1-4H3/b22-14-/t25-/m1/s1. The highest BCUT2D eigenvalue weighted by Crippen LogP contribution is 2.36. The van der Waals surface area contributed by atoms with Crippen molar-refractivity contribution in [3.8, 4) is 11.5 Å². The smallest absolute Gasteiger partial charge is 0.343 e. The molecule has 0 unspecified atom stereocenters. The molecule has 0 bridgehead atoms. The van der Waals surface area contributed by atoms with Gasteiger partial charge in [0.05, 0.1) is 42.2 Å². The van der Waals surface area contributed by atoms with E-state index in [1.165, 1.54) is 23.0 Å². The van der Waals surface area contributed by atoms with Gasteiger partial charge < -0.3 is 18.9 Å². The minimum Gasteiger partial charge on any atom is -0.490 e. The summed E-state index contributed by atoms with van der Waals surface area (Å²) in [4.78, 5) is 43.7. The van der Waals surface area contributed by atoms with Crippen LogP contribution in [0.1, 0.15) is 37.9 Å². The van der Waals surface area contributed by atoms with Gasteiger partial charge in [0.2, 0.25) is 0 Å². The molecule has 39 heavy (non-hydrogen) atoms. The van der Waals surface area contributed by atoms with Gasteiger partial charge in [-0.1, -0.05) is 51.5 Å². The molecule has 1 aliphatic rings. The first-order chi connectivity index (χ1) is 18.8. The van der Waals surface area contributed by atoms with Crippen molar-refractivity contribution < 1.29 is 28.5 Å². The SMILES string of the molecule is CCOC(=O)C1=C(C)N=c2s/c(=C\c3ccccc3Br)c(=O)n2[C@@H]1c1ccc(OCC(=O)OC)c(OCC)c1. The first-order valence-corrected chi connectivity index (χ1v) is 13.8. The fraction of sp³-hybridized carbons (Fsp3) is 0.286. The molecule has 0 N–H and O–H groups in total. The van der Waals surface area contributed by atoms with Crippen molar-refractivity contribution in [1.82, 2.24) is 4.57 Å². The summed E-state index contributed by atoms with van der Waals surface area (Å²) >= 11 is 4.77. The normalized spacial score (nSPS) is 14.9. The van der Waals surface area contributed by atoms with Crippen molar-refractivity contribution >= 4 is 45.3 Å². The van der Waals surface area contributed by atoms with Crippen LogP contribution in [-0.4, -0.2) is 43.4 Å². The van der Waals surface area contributed by atoms with Gasteiger partial charge in [0.1, 0.15) is 0 Å². The molecule has 0 spiro atoms. The Labute approximate surface area is 237 Å². The minimum atomic E-state index is -0.824. The van der Waals surface area contributed by atoms with E-state index in [9.17, 15) is 14.4 Å². The molecule has 1 aromatic heterocycles. The summed E-state index contributed by atoms with van der Waals surface area (Å²) < 4.78 is 24.2. The van der Waals surface area contributed by atoms with E-state index >= 15 is 0 Å². The Hall–Kier alpha value is -3.70. The minimum absolute atomic E-state index is 0.166. The maximum atomic E-state index is 13.8. The lowest BCUT2D eigenvalue weighted by atomic mass is 9.95. The van der Waals surface area contributed by atoms with E-state index in [2.05, 4.69) is 25.7 Å². The number of hydrogen-bond acceptors (Lipinski definition) is 9. The van der Waals surface area contributed by atoms with Crippen molar-refractivity contribution in [2.75, 3.05) is 26.9 Å². The van der Waals surface area contributed by atoms with Gasteiger partial charge in [0, 0.05) is 4.47 Å². The van der Waals surface area contributed by atoms with Crippen LogP contribution in [-0.2, 0) is 19.1 Å². The number of benzene rings is 2. The summed E-state index contributed by atoms with van der Waals surface area (Å²) in [6.07, 6.45) is 1.80. The highest BCUT2D eigenvalue weighted by molar-refractivity contribution is 9.10. The zero-order valence-corrected chi connectivity index (χ0v) is 24.3. The Bertz CT molecular complexity index is 1620. The van der Waals surface area contributed by atoms with E-state index in [1.54, 1.807) is 38.1 Å². The first-order valence-electron chi connectivity index (χ1n) is 12.2. The summed E-state index contributed by atoms with van der Waals surface area (Å²) in [7, 11) is 1.27. The van der Waals surface area contributed by atoms with Crippen LogP contribution in [0.3, 0.4) is 0 Å². The number of carbonyl (C=O) groups is 2. The quantitative estimate of drug-likeness (QED) is 0.340. The van der Waals surface area contributed by atoms with Gasteiger partial charge in [0.25, 0.3) is 5.56 Å². The van der Waals surface area contributed by atoms with E-state index in [4.69, 9.17) is 14.2 Å². The lowest BCUT2D eigenvalue weighted by Crippen LogP contribution is -2.40. The molecule has 4 rings (SSSR count). The van der Waals surface area contributed by atoms with E-state index in [-0.39, 0.29) is 24.3 Å². The molecule has 2 heterocycles. The molecule has 204 valence electrons. The van der Waals surface area contributed by atoms with Crippen molar-refractivity contribution in [2.45, 2.75) is 26.8 Å². The largest absolute Gasteiger partial charge is 0.490 e. The molecule has 1 atom stereocenters. The lowest BCUT2D eigenvalue weighted by Gasteiger charge is -2.25. The van der Waals surface area contributed by atoms with Crippen molar-refractivity contribution in [3.05, 3.63) is 89.0 Å². The van der Waals surface area contributed by atoms with E-state index < -0.39 is 18.0 Å². The second kappa shape index (κ2) is 12.4. The van der Waals surface area contributed by atoms with Crippen LogP contribution in [0, 0.1) is 0 Å². The van der Waals surface area contributed by atoms with Crippen LogP contribution in [0.2, 0.25) is 0 Å². The zero-order valence-electron chi connectivity index (χ0n) is 21.9. The number of fused-ring (bicyclic) bond motifs is 1. The second-order valence-corrected chi connectivity index (χ2v) is 10.2. The van der Waals surface area contributed by atoms with Gasteiger partial charge in [-0.15, -0.1) is 0 Å². The number of thiazole rings is 1. The highest BCUT2D eigenvalue weighted by Gasteiger charge is 2.34. The maximum absolute atomic E-state index is 13.8. The summed E-state index contributed by atoms with van der Waals surface area (Å²) in [5.74, 6) is -0.424. The first kappa shape index (κ1) is 28.3. The average Bonchev–Trinajstić information content (AvgIpc) is 3.22. The molecular weight excluding hydrogens is 588 g/mol. The summed E-state index contributed by atoms with van der Waals surface area (Å²) in [6, 6.07) is 11.8. The molecule has 3 aromatic rings. The van der Waals surface area contributed by atoms with Gasteiger partial charge in [-0.3, -0.25) is 9.36 Å². The maximum Gasteiger partial charge on any atom is 0.343 e. The predicted octanol–water partition coefficient (Wildman–Crippen LogP) is 3.51. The number of allylic oxidation sites excluding steroid dienone is 1. The fourth-order valence-corrected chi connectivity index (χ4v) is 5.55. The molecule has 9 nitrogen and oxygen atoms in total. The topological polar surface area (TPSA) is 105 Å². The molecule has 0 fully saturated rings. The number of nitrogens with zero attached hydrogens (tertiary/aromatic N) is 2. The van der Waals surface area contributed by atoms with Crippen molar-refractivity contribution in [3.63, 3.8) is 0 Å². The molecule has 0 saturated heterocycles. The Morgan fingerprint density at radius 2 is 1.87 bits per heavy atom. The third-order valence-electron chi connectivity index (χ3n) is 5.87. The molecule has 2 aromatic carbocycles. The van der Waals surface area contributed by atoms with Gasteiger partial charge in [-0.25, -0.2) is 14.6 Å². The molecule has 1 aliphatic heterocycles. The third kappa shape index (κ3) is 5.99. The molecular formula is C28H27BrN2O7S. The number of rotatable bonds is 9. The van der Waals surface area contributed by atoms with Crippen molar-refractivity contribution in [1.29, 1.82) is 0 Å². The number of carbonyl (C=O) groups excluding carboxylic acids is 2. The number of methoxy groups -OCH3 is 1. The summed E-state index contributed by atoms with van der Waals surface area (Å²) in [5, 5.41) is 0. The fourth-order valence-electron chi connectivity index (χ4n) is 4.12. The summed E-state index contributed by atoms with van der Waals surface area (Å²) in [5.41, 5.74) is 1.84. The van der Waals surface area contributed by atoms with E-state index in [1.807, 2.05) is 31.2 Å². The molecule has 0 aliphatic carbocycles. The lowest BCUT2D eigenvalue weighted by molar-refractivity contribution is -0.143. The van der Waals surface area contributed by atoms with Gasteiger partial charge in [-0.05, 0) is 56.2 Å². The van der Waals surface area contributed by atoms with Crippen LogP contribution in [0.5, 0.6) is 11.5 Å². The Balaban J connectivity index is 1.91. The number of halogens is 1. The van der Waals surface area contributed by atoms with E-state index in [0.29, 0.717) is 38.7 Å². The van der Waals surface area contributed by atoms with Crippen molar-refractivity contribution in [2.24, 2.45) is 4.99 Å². The number of ether oxygens (including phenoxy) is 4. The van der Waals surface area contributed by atoms with Crippen LogP contribution >= 0.6 is 27.3 Å². The number of esters is 2. The predicted molar refractivity (Wildman–Crippen MR) is 150 cm³/mol. The third-order valence-corrected chi connectivity index (χ3v) is 7.57. The molecule has 0 radical (unpaired) electrons. The Morgan fingerprint density at radius 3 is 2.56 bits per heavy atom. The monoisotopic (exact) mass is 614 g/mol. The highest BCUT2D eigenvalue weighted by atomic mass is 79.9. The average molecular weight is 616 g/mol. The van der Waals surface area contributed by atoms with Gasteiger partial charge in [-0.2, -0.15) is 0 Å². The van der Waals surface area contributed by atoms with Crippen LogP contribution in [0.25, 0.3) is 6.08 Å². The van der Waals surface area contributed by atoms with Crippen LogP contribution in [0.4, 0.5) is 0 Å². The number of aromatic nitrogens is 1. The van der Waals surface area contributed by atoms with Crippen LogP contribution in [0.15, 0.2) is 68.0 Å². The molecule has 11 heteroatoms. The van der Waals surface area contributed by atoms with E-state index in [0.717, 1.165) is 10.0 Å². The Morgan fingerprint density at radius 1 is 1.10 bits per heavy atom. The number of hydrogen-bond donors (Lipinski definition) is 0. The molecule has 0 amide bonds. The zero-order chi connectivity index (χ0) is 28.1. The Kier molecular flexibility index (Phi) is 9.03. The van der Waals surface area contributed by atoms with Crippen LogP contribution < -0.4 is 24.4 Å². The second-order valence-electron chi connectivity index (χ2n) is 8.33.